The number of carbonyl (C=O) groups is 2. The van der Waals surface area contributed by atoms with Crippen molar-refractivity contribution in [2.45, 2.75) is 46.7 Å². The zero-order valence-corrected chi connectivity index (χ0v) is 19.3. The van der Waals surface area contributed by atoms with E-state index in [9.17, 15) is 9.59 Å². The van der Waals surface area contributed by atoms with Crippen molar-refractivity contribution in [3.63, 3.8) is 0 Å². The maximum Gasteiger partial charge on any atom is 0.261 e. The maximum atomic E-state index is 13.2. The molecule has 0 aliphatic rings. The largest absolute Gasteiger partial charge is 0.483 e. The van der Waals surface area contributed by atoms with E-state index in [2.05, 4.69) is 5.32 Å². The molecule has 0 saturated heterocycles. The van der Waals surface area contributed by atoms with Crippen molar-refractivity contribution in [2.24, 2.45) is 0 Å². The van der Waals surface area contributed by atoms with Crippen LogP contribution >= 0.6 is 23.2 Å². The number of hydrogen-bond donors (Lipinski definition) is 1. The lowest BCUT2D eigenvalue weighted by molar-refractivity contribution is -0.142. The summed E-state index contributed by atoms with van der Waals surface area (Å²) < 4.78 is 5.80. The fourth-order valence-electron chi connectivity index (χ4n) is 3.15. The molecule has 162 valence electrons. The summed E-state index contributed by atoms with van der Waals surface area (Å²) in [7, 11) is 0. The van der Waals surface area contributed by atoms with Crippen LogP contribution in [0.5, 0.6) is 5.75 Å². The number of carbonyl (C=O) groups excluding carboxylic acids is 2. The van der Waals surface area contributed by atoms with Gasteiger partial charge in [0.15, 0.2) is 6.61 Å². The predicted octanol–water partition coefficient (Wildman–Crippen LogP) is 4.93. The Balaban J connectivity index is 2.30. The predicted molar refractivity (Wildman–Crippen MR) is 121 cm³/mol. The monoisotopic (exact) mass is 450 g/mol. The van der Waals surface area contributed by atoms with Gasteiger partial charge in [-0.1, -0.05) is 48.3 Å². The summed E-state index contributed by atoms with van der Waals surface area (Å²) in [4.78, 5) is 27.3. The molecule has 1 atom stereocenters. The van der Waals surface area contributed by atoms with Gasteiger partial charge in [-0.2, -0.15) is 0 Å². The molecule has 0 unspecified atom stereocenters. The highest BCUT2D eigenvalue weighted by molar-refractivity contribution is 6.36. The fourth-order valence-corrected chi connectivity index (χ4v) is 3.67. The van der Waals surface area contributed by atoms with Crippen molar-refractivity contribution in [1.29, 1.82) is 0 Å². The number of nitrogens with zero attached hydrogens (tertiary/aromatic N) is 1. The van der Waals surface area contributed by atoms with Gasteiger partial charge in [-0.15, -0.1) is 0 Å². The molecule has 0 radical (unpaired) electrons. The van der Waals surface area contributed by atoms with Crippen LogP contribution in [0.3, 0.4) is 0 Å². The van der Waals surface area contributed by atoms with Crippen LogP contribution in [0.2, 0.25) is 10.0 Å². The smallest absolute Gasteiger partial charge is 0.261 e. The summed E-state index contributed by atoms with van der Waals surface area (Å²) in [6, 6.07) is 10.3. The van der Waals surface area contributed by atoms with Crippen LogP contribution in [-0.4, -0.2) is 35.9 Å². The van der Waals surface area contributed by atoms with E-state index in [1.807, 2.05) is 45.9 Å². The minimum atomic E-state index is -0.660. The summed E-state index contributed by atoms with van der Waals surface area (Å²) >= 11 is 12.6. The topological polar surface area (TPSA) is 58.6 Å². The molecule has 5 nitrogen and oxygen atoms in total. The third-order valence-corrected chi connectivity index (χ3v) is 5.53. The molecule has 0 aliphatic heterocycles. The first-order valence-electron chi connectivity index (χ1n) is 9.98. The molecular formula is C23H28Cl2N2O3. The molecule has 0 heterocycles. The number of hydrogen-bond acceptors (Lipinski definition) is 3. The van der Waals surface area contributed by atoms with Gasteiger partial charge in [0.25, 0.3) is 5.91 Å². The lowest BCUT2D eigenvalue weighted by Gasteiger charge is -2.31. The lowest BCUT2D eigenvalue weighted by Crippen LogP contribution is -2.50. The first-order chi connectivity index (χ1) is 14.3. The Morgan fingerprint density at radius 3 is 2.37 bits per heavy atom. The number of rotatable bonds is 9. The van der Waals surface area contributed by atoms with Crippen LogP contribution in [0.4, 0.5) is 0 Å². The molecule has 0 spiro atoms. The van der Waals surface area contributed by atoms with E-state index >= 15 is 0 Å². The molecular weight excluding hydrogens is 423 g/mol. The van der Waals surface area contributed by atoms with Gasteiger partial charge in [0.2, 0.25) is 5.91 Å². The third kappa shape index (κ3) is 6.13. The van der Waals surface area contributed by atoms with Crippen molar-refractivity contribution >= 4 is 35.0 Å². The Bertz CT molecular complexity index is 882. The van der Waals surface area contributed by atoms with Gasteiger partial charge in [0, 0.05) is 28.7 Å². The Labute approximate surface area is 188 Å². The molecule has 2 rings (SSSR count). The summed E-state index contributed by atoms with van der Waals surface area (Å²) in [5.74, 6) is 0.110. The normalized spacial score (nSPS) is 11.7. The van der Waals surface area contributed by atoms with Crippen LogP contribution in [0.1, 0.15) is 37.0 Å². The van der Waals surface area contributed by atoms with Gasteiger partial charge in [-0.25, -0.2) is 0 Å². The number of halogens is 2. The average Bonchev–Trinajstić information content (AvgIpc) is 2.70. The SMILES string of the molecule is CCNC(=O)[C@H](CC)N(Cc1c(Cl)cccc1Cl)C(=O)COc1cc(C)ccc1C. The highest BCUT2D eigenvalue weighted by atomic mass is 35.5. The number of nitrogens with one attached hydrogen (secondary N) is 1. The van der Waals surface area contributed by atoms with Crippen molar-refractivity contribution < 1.29 is 14.3 Å². The average molecular weight is 451 g/mol. The second-order valence-electron chi connectivity index (χ2n) is 7.10. The van der Waals surface area contributed by atoms with Gasteiger partial charge >= 0.3 is 0 Å². The minimum absolute atomic E-state index is 0.114. The van der Waals surface area contributed by atoms with Crippen LogP contribution in [0.25, 0.3) is 0 Å². The Hall–Kier alpha value is -2.24. The second-order valence-corrected chi connectivity index (χ2v) is 7.91. The number of likely N-dealkylation sites (N-methyl/N-ethyl adjacent to an activating group) is 1. The number of ether oxygens (including phenoxy) is 1. The number of benzene rings is 2. The highest BCUT2D eigenvalue weighted by Crippen LogP contribution is 2.27. The Morgan fingerprint density at radius 2 is 1.77 bits per heavy atom. The third-order valence-electron chi connectivity index (χ3n) is 4.82. The first kappa shape index (κ1) is 24.0. The van der Waals surface area contributed by atoms with Gasteiger partial charge in [-0.3, -0.25) is 9.59 Å². The molecule has 2 aromatic rings. The first-order valence-corrected chi connectivity index (χ1v) is 10.7. The maximum absolute atomic E-state index is 13.2. The van der Waals surface area contributed by atoms with E-state index in [1.54, 1.807) is 18.2 Å². The van der Waals surface area contributed by atoms with Crippen molar-refractivity contribution in [1.82, 2.24) is 10.2 Å². The fraction of sp³-hybridized carbons (Fsp3) is 0.391. The zero-order valence-electron chi connectivity index (χ0n) is 17.8. The van der Waals surface area contributed by atoms with Gasteiger partial charge in [-0.05, 0) is 56.5 Å². The molecule has 0 bridgehead atoms. The quantitative estimate of drug-likeness (QED) is 0.588. The van der Waals surface area contributed by atoms with Crippen molar-refractivity contribution in [2.75, 3.05) is 13.2 Å². The second kappa shape index (κ2) is 11.2. The van der Waals surface area contributed by atoms with Crippen LogP contribution in [-0.2, 0) is 16.1 Å². The zero-order chi connectivity index (χ0) is 22.3. The van der Waals surface area contributed by atoms with Crippen LogP contribution in [0, 0.1) is 13.8 Å². The molecule has 1 N–H and O–H groups in total. The molecule has 0 fully saturated rings. The molecule has 2 amide bonds. The highest BCUT2D eigenvalue weighted by Gasteiger charge is 2.29. The lowest BCUT2D eigenvalue weighted by atomic mass is 10.1. The van der Waals surface area contributed by atoms with E-state index in [0.717, 1.165) is 11.1 Å². The van der Waals surface area contributed by atoms with E-state index < -0.39 is 6.04 Å². The van der Waals surface area contributed by atoms with E-state index in [4.69, 9.17) is 27.9 Å². The van der Waals surface area contributed by atoms with Gasteiger partial charge in [0.1, 0.15) is 11.8 Å². The number of amides is 2. The summed E-state index contributed by atoms with van der Waals surface area (Å²) in [6.07, 6.45) is 0.448. The number of aryl methyl sites for hydroxylation is 2. The summed E-state index contributed by atoms with van der Waals surface area (Å²) in [5, 5.41) is 3.69. The van der Waals surface area contributed by atoms with E-state index in [0.29, 0.717) is 34.3 Å². The molecule has 30 heavy (non-hydrogen) atoms. The molecule has 0 aromatic heterocycles. The Morgan fingerprint density at radius 1 is 1.10 bits per heavy atom. The molecule has 2 aromatic carbocycles. The van der Waals surface area contributed by atoms with Crippen molar-refractivity contribution in [3.05, 3.63) is 63.1 Å². The molecule has 0 saturated carbocycles. The van der Waals surface area contributed by atoms with Crippen LogP contribution < -0.4 is 10.1 Å². The summed E-state index contributed by atoms with van der Waals surface area (Å²) in [6.45, 7) is 7.98. The molecule has 0 aliphatic carbocycles. The standard InChI is InChI=1S/C23H28Cl2N2O3/c1-5-20(23(29)26-6-2)27(13-17-18(24)8-7-9-19(17)25)22(28)14-30-21-12-15(3)10-11-16(21)4/h7-12,20H,5-6,13-14H2,1-4H3,(H,26,29)/t20-/m0/s1. The van der Waals surface area contributed by atoms with Gasteiger partial charge in [0.05, 0.1) is 0 Å². The van der Waals surface area contributed by atoms with E-state index in [1.165, 1.54) is 4.90 Å². The van der Waals surface area contributed by atoms with Crippen molar-refractivity contribution in [3.8, 4) is 5.75 Å². The Kier molecular flexibility index (Phi) is 9.00. The summed E-state index contributed by atoms with van der Waals surface area (Å²) in [5.41, 5.74) is 2.57. The van der Waals surface area contributed by atoms with E-state index in [-0.39, 0.29) is 25.0 Å². The van der Waals surface area contributed by atoms with Gasteiger partial charge < -0.3 is 15.0 Å². The van der Waals surface area contributed by atoms with Crippen LogP contribution in [0.15, 0.2) is 36.4 Å². The molecule has 7 heteroatoms. The minimum Gasteiger partial charge on any atom is -0.483 e.